The van der Waals surface area contributed by atoms with Crippen molar-refractivity contribution in [1.29, 1.82) is 0 Å². The monoisotopic (exact) mass is 219 g/mol. The molecule has 0 saturated heterocycles. The van der Waals surface area contributed by atoms with E-state index in [-0.39, 0.29) is 11.9 Å². The second-order valence-corrected chi connectivity index (χ2v) is 3.90. The van der Waals surface area contributed by atoms with Crippen molar-refractivity contribution in [1.82, 2.24) is 9.55 Å². The molecule has 1 aromatic heterocycles. The van der Waals surface area contributed by atoms with Crippen LogP contribution in [0.25, 0.3) is 5.69 Å². The molecule has 0 aliphatic heterocycles. The second-order valence-electron chi connectivity index (χ2n) is 3.90. The summed E-state index contributed by atoms with van der Waals surface area (Å²) in [6.07, 6.45) is 5.58. The Morgan fingerprint density at radius 2 is 2.31 bits per heavy atom. The first-order valence-corrected chi connectivity index (χ1v) is 5.20. The Kier molecular flexibility index (Phi) is 3.01. The number of rotatable bonds is 3. The van der Waals surface area contributed by atoms with E-state index in [1.165, 1.54) is 6.07 Å². The molecule has 0 aliphatic carbocycles. The SMILES string of the molecule is CC(N)Cc1cccc(F)c1-n1ccnc1. The number of halogens is 1. The van der Waals surface area contributed by atoms with Gasteiger partial charge in [-0.1, -0.05) is 12.1 Å². The molecule has 2 N–H and O–H groups in total. The maximum atomic E-state index is 13.8. The standard InChI is InChI=1S/C12H14FN3/c1-9(14)7-10-3-2-4-11(13)12(10)16-6-5-15-8-16/h2-6,8-9H,7,14H2,1H3. The molecule has 3 nitrogen and oxygen atoms in total. The molecule has 0 amide bonds. The molecule has 0 aliphatic rings. The molecule has 16 heavy (non-hydrogen) atoms. The van der Waals surface area contributed by atoms with E-state index in [1.807, 2.05) is 13.0 Å². The topological polar surface area (TPSA) is 43.8 Å². The van der Waals surface area contributed by atoms with Gasteiger partial charge >= 0.3 is 0 Å². The van der Waals surface area contributed by atoms with E-state index in [1.54, 1.807) is 29.4 Å². The van der Waals surface area contributed by atoms with E-state index in [0.717, 1.165) is 5.56 Å². The first kappa shape index (κ1) is 10.8. The third-order valence-electron chi connectivity index (χ3n) is 2.37. The largest absolute Gasteiger partial charge is 0.328 e. The summed E-state index contributed by atoms with van der Waals surface area (Å²) in [6.45, 7) is 1.91. The number of nitrogens with two attached hydrogens (primary N) is 1. The number of benzene rings is 1. The Bertz CT molecular complexity index is 463. The van der Waals surface area contributed by atoms with Crippen LogP contribution in [0.15, 0.2) is 36.9 Å². The Hall–Kier alpha value is -1.68. The van der Waals surface area contributed by atoms with E-state index in [0.29, 0.717) is 12.1 Å². The van der Waals surface area contributed by atoms with Crippen LogP contribution >= 0.6 is 0 Å². The highest BCUT2D eigenvalue weighted by Crippen LogP contribution is 2.19. The highest BCUT2D eigenvalue weighted by atomic mass is 19.1. The summed E-state index contributed by atoms with van der Waals surface area (Å²) in [4.78, 5) is 3.92. The van der Waals surface area contributed by atoms with Crippen molar-refractivity contribution in [3.8, 4) is 5.69 Å². The van der Waals surface area contributed by atoms with Crippen LogP contribution in [0.5, 0.6) is 0 Å². The van der Waals surface area contributed by atoms with E-state index in [4.69, 9.17) is 5.73 Å². The van der Waals surface area contributed by atoms with Gasteiger partial charge in [-0.25, -0.2) is 9.37 Å². The summed E-state index contributed by atoms with van der Waals surface area (Å²) in [5, 5.41) is 0. The molecular formula is C12H14FN3. The average molecular weight is 219 g/mol. The summed E-state index contributed by atoms with van der Waals surface area (Å²) < 4.78 is 15.4. The number of hydrogen-bond donors (Lipinski definition) is 1. The highest BCUT2D eigenvalue weighted by Gasteiger charge is 2.11. The minimum atomic E-state index is -0.254. The summed E-state index contributed by atoms with van der Waals surface area (Å²) in [6, 6.07) is 5.04. The molecule has 0 fully saturated rings. The Balaban J connectivity index is 2.49. The van der Waals surface area contributed by atoms with Crippen molar-refractivity contribution in [2.45, 2.75) is 19.4 Å². The van der Waals surface area contributed by atoms with Crippen LogP contribution in [0.1, 0.15) is 12.5 Å². The molecule has 84 valence electrons. The van der Waals surface area contributed by atoms with Crippen LogP contribution in [0.2, 0.25) is 0 Å². The zero-order chi connectivity index (χ0) is 11.5. The highest BCUT2D eigenvalue weighted by molar-refractivity contribution is 5.42. The van der Waals surface area contributed by atoms with Crippen molar-refractivity contribution in [3.63, 3.8) is 0 Å². The summed E-state index contributed by atoms with van der Waals surface area (Å²) in [5.41, 5.74) is 7.18. The van der Waals surface area contributed by atoms with Gasteiger partial charge in [-0.2, -0.15) is 0 Å². The Morgan fingerprint density at radius 1 is 1.50 bits per heavy atom. The third-order valence-corrected chi connectivity index (χ3v) is 2.37. The van der Waals surface area contributed by atoms with E-state index in [9.17, 15) is 4.39 Å². The minimum absolute atomic E-state index is 0.00377. The zero-order valence-corrected chi connectivity index (χ0v) is 9.10. The molecule has 1 heterocycles. The van der Waals surface area contributed by atoms with Gasteiger partial charge in [0, 0.05) is 18.4 Å². The Labute approximate surface area is 93.7 Å². The number of aromatic nitrogens is 2. The lowest BCUT2D eigenvalue weighted by Gasteiger charge is -2.12. The van der Waals surface area contributed by atoms with Crippen LogP contribution in [0.4, 0.5) is 4.39 Å². The fraction of sp³-hybridized carbons (Fsp3) is 0.250. The van der Waals surface area contributed by atoms with Gasteiger partial charge in [0.1, 0.15) is 5.82 Å². The number of para-hydroxylation sites is 1. The normalized spacial score (nSPS) is 12.7. The van der Waals surface area contributed by atoms with Gasteiger partial charge < -0.3 is 10.3 Å². The van der Waals surface area contributed by atoms with Gasteiger partial charge in [0.05, 0.1) is 12.0 Å². The van der Waals surface area contributed by atoms with Crippen LogP contribution in [-0.4, -0.2) is 15.6 Å². The van der Waals surface area contributed by atoms with Gasteiger partial charge in [0.15, 0.2) is 0 Å². The van der Waals surface area contributed by atoms with Crippen LogP contribution in [0, 0.1) is 5.82 Å². The van der Waals surface area contributed by atoms with Gasteiger partial charge in [-0.15, -0.1) is 0 Å². The number of hydrogen-bond acceptors (Lipinski definition) is 2. The van der Waals surface area contributed by atoms with Crippen LogP contribution in [-0.2, 0) is 6.42 Å². The van der Waals surface area contributed by atoms with Gasteiger partial charge in [0.25, 0.3) is 0 Å². The van der Waals surface area contributed by atoms with E-state index >= 15 is 0 Å². The summed E-state index contributed by atoms with van der Waals surface area (Å²) in [5.74, 6) is -0.254. The molecule has 0 bridgehead atoms. The molecule has 0 spiro atoms. The zero-order valence-electron chi connectivity index (χ0n) is 9.10. The van der Waals surface area contributed by atoms with E-state index in [2.05, 4.69) is 4.98 Å². The molecule has 2 aromatic rings. The fourth-order valence-electron chi connectivity index (χ4n) is 1.75. The van der Waals surface area contributed by atoms with Crippen LogP contribution in [0.3, 0.4) is 0 Å². The average Bonchev–Trinajstić information content (AvgIpc) is 2.69. The maximum Gasteiger partial charge on any atom is 0.147 e. The third kappa shape index (κ3) is 2.12. The molecule has 4 heteroatoms. The minimum Gasteiger partial charge on any atom is -0.328 e. The predicted molar refractivity (Wildman–Crippen MR) is 60.9 cm³/mol. The van der Waals surface area contributed by atoms with E-state index < -0.39 is 0 Å². The first-order chi connectivity index (χ1) is 7.68. The molecule has 1 atom stereocenters. The lowest BCUT2D eigenvalue weighted by atomic mass is 10.1. The number of imidazole rings is 1. The fourth-order valence-corrected chi connectivity index (χ4v) is 1.75. The van der Waals surface area contributed by atoms with Crippen molar-refractivity contribution in [3.05, 3.63) is 48.3 Å². The lowest BCUT2D eigenvalue weighted by Crippen LogP contribution is -2.19. The smallest absolute Gasteiger partial charge is 0.147 e. The molecule has 1 aromatic carbocycles. The number of nitrogens with zero attached hydrogens (tertiary/aromatic N) is 2. The summed E-state index contributed by atoms with van der Waals surface area (Å²) in [7, 11) is 0. The van der Waals surface area contributed by atoms with Crippen molar-refractivity contribution < 1.29 is 4.39 Å². The van der Waals surface area contributed by atoms with Gasteiger partial charge in [-0.05, 0) is 25.0 Å². The van der Waals surface area contributed by atoms with Crippen LogP contribution < -0.4 is 5.73 Å². The second kappa shape index (κ2) is 4.45. The Morgan fingerprint density at radius 3 is 2.94 bits per heavy atom. The molecule has 1 unspecified atom stereocenters. The first-order valence-electron chi connectivity index (χ1n) is 5.20. The lowest BCUT2D eigenvalue weighted by molar-refractivity contribution is 0.611. The van der Waals surface area contributed by atoms with Gasteiger partial charge in [0.2, 0.25) is 0 Å². The van der Waals surface area contributed by atoms with Crippen molar-refractivity contribution in [2.75, 3.05) is 0 Å². The van der Waals surface area contributed by atoms with Crippen molar-refractivity contribution in [2.24, 2.45) is 5.73 Å². The van der Waals surface area contributed by atoms with Crippen molar-refractivity contribution >= 4 is 0 Å². The predicted octanol–water partition coefficient (Wildman–Crippen LogP) is 1.90. The molecular weight excluding hydrogens is 205 g/mol. The quantitative estimate of drug-likeness (QED) is 0.856. The van der Waals surface area contributed by atoms with Gasteiger partial charge in [-0.3, -0.25) is 0 Å². The maximum absolute atomic E-state index is 13.8. The molecule has 2 rings (SSSR count). The molecule has 0 radical (unpaired) electrons. The molecule has 0 saturated carbocycles. The summed E-state index contributed by atoms with van der Waals surface area (Å²) >= 11 is 0.